The maximum atomic E-state index is 11.0. The molecular formula is C11H16N2O. The lowest BCUT2D eigenvalue weighted by Crippen LogP contribution is -2.07. The Morgan fingerprint density at radius 3 is 2.71 bits per heavy atom. The smallest absolute Gasteiger partial charge is 0.168 e. The van der Waals surface area contributed by atoms with Gasteiger partial charge in [0, 0.05) is 11.6 Å². The summed E-state index contributed by atoms with van der Waals surface area (Å²) in [5.74, 6) is 0. The standard InChI is InChI=1S/C11H16N2O/c1-8(2)13-11(7-14)9-5-3-4-6-10(9)12-13/h7-8H,3-6H2,1-2H3. The van der Waals surface area contributed by atoms with Gasteiger partial charge < -0.3 is 0 Å². The maximum absolute atomic E-state index is 11.0. The lowest BCUT2D eigenvalue weighted by atomic mass is 9.96. The number of hydrogen-bond donors (Lipinski definition) is 0. The van der Waals surface area contributed by atoms with Gasteiger partial charge in [0.05, 0.1) is 5.69 Å². The molecule has 0 aliphatic heterocycles. The second-order valence-corrected chi connectivity index (χ2v) is 4.17. The zero-order valence-electron chi connectivity index (χ0n) is 8.79. The molecule has 0 atom stereocenters. The van der Waals surface area contributed by atoms with E-state index in [2.05, 4.69) is 18.9 Å². The fourth-order valence-electron chi connectivity index (χ4n) is 2.12. The second-order valence-electron chi connectivity index (χ2n) is 4.17. The maximum Gasteiger partial charge on any atom is 0.168 e. The molecule has 0 radical (unpaired) electrons. The molecule has 1 heterocycles. The Kier molecular flexibility index (Phi) is 2.40. The Hall–Kier alpha value is -1.12. The average molecular weight is 192 g/mol. The van der Waals surface area contributed by atoms with Crippen LogP contribution >= 0.6 is 0 Å². The summed E-state index contributed by atoms with van der Waals surface area (Å²) in [7, 11) is 0. The van der Waals surface area contributed by atoms with Crippen molar-refractivity contribution in [2.75, 3.05) is 0 Å². The molecule has 0 saturated carbocycles. The monoisotopic (exact) mass is 192 g/mol. The number of nitrogens with zero attached hydrogens (tertiary/aromatic N) is 2. The first-order valence-corrected chi connectivity index (χ1v) is 5.29. The molecular weight excluding hydrogens is 176 g/mol. The predicted octanol–water partition coefficient (Wildman–Crippen LogP) is 2.16. The molecule has 0 amide bonds. The van der Waals surface area contributed by atoms with Crippen LogP contribution in [0.1, 0.15) is 54.5 Å². The number of hydrogen-bond acceptors (Lipinski definition) is 2. The minimum Gasteiger partial charge on any atom is -0.296 e. The number of aldehydes is 1. The van der Waals surface area contributed by atoms with E-state index in [0.29, 0.717) is 0 Å². The molecule has 0 fully saturated rings. The van der Waals surface area contributed by atoms with E-state index in [4.69, 9.17) is 0 Å². The lowest BCUT2D eigenvalue weighted by Gasteiger charge is -2.09. The van der Waals surface area contributed by atoms with Crippen molar-refractivity contribution in [2.24, 2.45) is 0 Å². The number of carbonyl (C=O) groups excluding carboxylic acids is 1. The Bertz CT molecular complexity index is 352. The van der Waals surface area contributed by atoms with Crippen LogP contribution in [0.15, 0.2) is 0 Å². The van der Waals surface area contributed by atoms with Crippen LogP contribution < -0.4 is 0 Å². The second kappa shape index (κ2) is 3.56. The van der Waals surface area contributed by atoms with Crippen LogP contribution in [0.5, 0.6) is 0 Å². The molecule has 0 aromatic carbocycles. The third kappa shape index (κ3) is 1.37. The molecule has 76 valence electrons. The molecule has 1 aromatic heterocycles. The van der Waals surface area contributed by atoms with Gasteiger partial charge in [-0.1, -0.05) is 0 Å². The molecule has 3 heteroatoms. The van der Waals surface area contributed by atoms with Gasteiger partial charge in [0.25, 0.3) is 0 Å². The molecule has 0 N–H and O–H groups in total. The summed E-state index contributed by atoms with van der Waals surface area (Å²) in [4.78, 5) is 11.0. The van der Waals surface area contributed by atoms with E-state index in [9.17, 15) is 4.79 Å². The minimum atomic E-state index is 0.279. The van der Waals surface area contributed by atoms with Gasteiger partial charge in [-0.05, 0) is 39.5 Å². The normalized spacial score (nSPS) is 15.6. The van der Waals surface area contributed by atoms with Crippen molar-refractivity contribution < 1.29 is 4.79 Å². The fourth-order valence-corrected chi connectivity index (χ4v) is 2.12. The predicted molar refractivity (Wildman–Crippen MR) is 54.6 cm³/mol. The first-order valence-electron chi connectivity index (χ1n) is 5.29. The molecule has 1 aromatic rings. The van der Waals surface area contributed by atoms with Gasteiger partial charge >= 0.3 is 0 Å². The topological polar surface area (TPSA) is 34.9 Å². The summed E-state index contributed by atoms with van der Waals surface area (Å²) in [6.45, 7) is 4.12. The summed E-state index contributed by atoms with van der Waals surface area (Å²) < 4.78 is 1.86. The van der Waals surface area contributed by atoms with Crippen LogP contribution in [0.25, 0.3) is 0 Å². The van der Waals surface area contributed by atoms with E-state index in [1.807, 2.05) is 4.68 Å². The third-order valence-electron chi connectivity index (χ3n) is 2.82. The van der Waals surface area contributed by atoms with Gasteiger partial charge in [-0.25, -0.2) is 0 Å². The van der Waals surface area contributed by atoms with Gasteiger partial charge in [-0.2, -0.15) is 5.10 Å². The highest BCUT2D eigenvalue weighted by Crippen LogP contribution is 2.24. The largest absolute Gasteiger partial charge is 0.296 e. The summed E-state index contributed by atoms with van der Waals surface area (Å²) >= 11 is 0. The third-order valence-corrected chi connectivity index (χ3v) is 2.82. The highest BCUT2D eigenvalue weighted by atomic mass is 16.1. The molecule has 0 spiro atoms. The fraction of sp³-hybridized carbons (Fsp3) is 0.636. The van der Waals surface area contributed by atoms with Crippen LogP contribution in [0, 0.1) is 0 Å². The van der Waals surface area contributed by atoms with Gasteiger partial charge in [0.1, 0.15) is 5.69 Å². The molecule has 0 saturated heterocycles. The number of carbonyl (C=O) groups is 1. The number of aromatic nitrogens is 2. The Morgan fingerprint density at radius 1 is 1.36 bits per heavy atom. The molecule has 1 aliphatic rings. The molecule has 3 nitrogen and oxygen atoms in total. The van der Waals surface area contributed by atoms with Gasteiger partial charge in [-0.15, -0.1) is 0 Å². The number of rotatable bonds is 2. The van der Waals surface area contributed by atoms with E-state index in [1.165, 1.54) is 18.4 Å². The van der Waals surface area contributed by atoms with E-state index in [-0.39, 0.29) is 6.04 Å². The SMILES string of the molecule is CC(C)n1nc2c(c1C=O)CCCC2. The lowest BCUT2D eigenvalue weighted by molar-refractivity contribution is 0.111. The first kappa shape index (κ1) is 9.44. The van der Waals surface area contributed by atoms with Gasteiger partial charge in [0.15, 0.2) is 6.29 Å². The highest BCUT2D eigenvalue weighted by Gasteiger charge is 2.20. The van der Waals surface area contributed by atoms with E-state index in [1.54, 1.807) is 0 Å². The Balaban J connectivity index is 2.51. The zero-order chi connectivity index (χ0) is 10.1. The van der Waals surface area contributed by atoms with Crippen molar-refractivity contribution in [3.8, 4) is 0 Å². The first-order chi connectivity index (χ1) is 6.74. The number of aryl methyl sites for hydroxylation is 1. The Labute approximate surface area is 84.1 Å². The van der Waals surface area contributed by atoms with Crippen LogP contribution in [-0.2, 0) is 12.8 Å². The van der Waals surface area contributed by atoms with Crippen LogP contribution in [0.4, 0.5) is 0 Å². The van der Waals surface area contributed by atoms with Gasteiger partial charge in [-0.3, -0.25) is 9.48 Å². The van der Waals surface area contributed by atoms with Crippen molar-refractivity contribution in [3.05, 3.63) is 17.0 Å². The van der Waals surface area contributed by atoms with Crippen LogP contribution in [0.2, 0.25) is 0 Å². The van der Waals surface area contributed by atoms with Crippen molar-refractivity contribution in [1.29, 1.82) is 0 Å². The van der Waals surface area contributed by atoms with Crippen molar-refractivity contribution in [2.45, 2.75) is 45.6 Å². The van der Waals surface area contributed by atoms with E-state index < -0.39 is 0 Å². The van der Waals surface area contributed by atoms with E-state index >= 15 is 0 Å². The molecule has 14 heavy (non-hydrogen) atoms. The zero-order valence-corrected chi connectivity index (χ0v) is 8.79. The quantitative estimate of drug-likeness (QED) is 0.673. The van der Waals surface area contributed by atoms with Crippen molar-refractivity contribution in [1.82, 2.24) is 9.78 Å². The Morgan fingerprint density at radius 2 is 2.07 bits per heavy atom. The molecule has 2 rings (SSSR count). The van der Waals surface area contributed by atoms with Crippen molar-refractivity contribution in [3.63, 3.8) is 0 Å². The summed E-state index contributed by atoms with van der Waals surface area (Å²) in [6.07, 6.45) is 5.42. The number of fused-ring (bicyclic) bond motifs is 1. The van der Waals surface area contributed by atoms with Gasteiger partial charge in [0.2, 0.25) is 0 Å². The van der Waals surface area contributed by atoms with E-state index in [0.717, 1.165) is 30.5 Å². The average Bonchev–Trinajstić information content (AvgIpc) is 2.56. The van der Waals surface area contributed by atoms with Crippen molar-refractivity contribution >= 4 is 6.29 Å². The molecule has 1 aliphatic carbocycles. The minimum absolute atomic E-state index is 0.279. The van der Waals surface area contributed by atoms with Crippen LogP contribution in [0.3, 0.4) is 0 Å². The van der Waals surface area contributed by atoms with Crippen LogP contribution in [-0.4, -0.2) is 16.1 Å². The molecule has 0 bridgehead atoms. The highest BCUT2D eigenvalue weighted by molar-refractivity contribution is 5.75. The summed E-state index contributed by atoms with van der Waals surface area (Å²) in [6, 6.07) is 0.279. The summed E-state index contributed by atoms with van der Waals surface area (Å²) in [5.41, 5.74) is 3.14. The molecule has 0 unspecified atom stereocenters. The summed E-state index contributed by atoms with van der Waals surface area (Å²) in [5, 5.41) is 4.51.